The van der Waals surface area contributed by atoms with Crippen LogP contribution in [-0.4, -0.2) is 43.0 Å². The Morgan fingerprint density at radius 2 is 1.87 bits per heavy atom. The summed E-state index contributed by atoms with van der Waals surface area (Å²) in [4.78, 5) is 47.9. The summed E-state index contributed by atoms with van der Waals surface area (Å²) < 4.78 is 9.97. The minimum atomic E-state index is -0.889. The molecule has 0 atom stereocenters. The molecular weight excluding hydrogens is 414 g/mol. The minimum absolute atomic E-state index is 0.0662. The third kappa shape index (κ3) is 5.11. The Bertz CT molecular complexity index is 1000. The van der Waals surface area contributed by atoms with Crippen molar-refractivity contribution in [2.45, 2.75) is 20.8 Å². The van der Waals surface area contributed by atoms with Crippen LogP contribution in [0.15, 0.2) is 18.2 Å². The lowest BCUT2D eigenvalue weighted by molar-refractivity contribution is -0.384. The lowest BCUT2D eigenvalue weighted by Crippen LogP contribution is -2.22. The molecule has 0 unspecified atom stereocenters. The number of anilines is 2. The van der Waals surface area contributed by atoms with Gasteiger partial charge in [0, 0.05) is 18.0 Å². The fourth-order valence-electron chi connectivity index (χ4n) is 2.56. The second-order valence-electron chi connectivity index (χ2n) is 6.07. The van der Waals surface area contributed by atoms with Crippen molar-refractivity contribution in [1.82, 2.24) is 0 Å². The second kappa shape index (κ2) is 9.83. The fourth-order valence-corrected chi connectivity index (χ4v) is 3.63. The van der Waals surface area contributed by atoms with E-state index in [9.17, 15) is 24.5 Å². The van der Waals surface area contributed by atoms with E-state index in [2.05, 4.69) is 10.6 Å². The van der Waals surface area contributed by atoms with E-state index in [1.165, 1.54) is 30.5 Å². The summed E-state index contributed by atoms with van der Waals surface area (Å²) in [7, 11) is 1.52. The topological polar surface area (TPSA) is 137 Å². The first-order chi connectivity index (χ1) is 14.2. The molecule has 1 aromatic carbocycles. The maximum atomic E-state index is 12.2. The highest BCUT2D eigenvalue weighted by Crippen LogP contribution is 2.33. The van der Waals surface area contributed by atoms with Gasteiger partial charge < -0.3 is 20.1 Å². The zero-order chi connectivity index (χ0) is 22.4. The zero-order valence-electron chi connectivity index (χ0n) is 16.9. The standard InChI is InChI=1S/C19H21N3O7S/c1-5-28-19(25)16-10(2)11(3)30-17(16)21-15(23)9-29-18(24)12-6-7-13(20-4)14(8-12)22(26)27/h6-8,20H,5,9H2,1-4H3,(H,21,23). The third-order valence-corrected chi connectivity index (χ3v) is 5.27. The zero-order valence-corrected chi connectivity index (χ0v) is 17.7. The molecule has 2 rings (SSSR count). The van der Waals surface area contributed by atoms with Crippen molar-refractivity contribution >= 4 is 45.6 Å². The number of ether oxygens (including phenoxy) is 2. The number of rotatable bonds is 8. The molecule has 10 nitrogen and oxygen atoms in total. The van der Waals surface area contributed by atoms with Crippen LogP contribution < -0.4 is 10.6 Å². The Balaban J connectivity index is 2.08. The van der Waals surface area contributed by atoms with Gasteiger partial charge >= 0.3 is 11.9 Å². The first-order valence-electron chi connectivity index (χ1n) is 8.89. The van der Waals surface area contributed by atoms with Crippen molar-refractivity contribution in [2.24, 2.45) is 0 Å². The van der Waals surface area contributed by atoms with Gasteiger partial charge in [0.25, 0.3) is 11.6 Å². The molecule has 1 aromatic heterocycles. The molecule has 0 aliphatic rings. The van der Waals surface area contributed by atoms with Crippen molar-refractivity contribution < 1.29 is 28.8 Å². The molecule has 30 heavy (non-hydrogen) atoms. The van der Waals surface area contributed by atoms with Crippen LogP contribution in [0.5, 0.6) is 0 Å². The summed E-state index contributed by atoms with van der Waals surface area (Å²) in [6.45, 7) is 4.79. The number of esters is 2. The largest absolute Gasteiger partial charge is 0.462 e. The van der Waals surface area contributed by atoms with E-state index in [1.54, 1.807) is 20.8 Å². The molecule has 0 spiro atoms. The fraction of sp³-hybridized carbons (Fsp3) is 0.316. The maximum Gasteiger partial charge on any atom is 0.341 e. The van der Waals surface area contributed by atoms with Gasteiger partial charge in [-0.1, -0.05) is 0 Å². The van der Waals surface area contributed by atoms with Gasteiger partial charge in [0.2, 0.25) is 0 Å². The number of thiophene rings is 1. The Labute approximate surface area is 176 Å². The smallest absolute Gasteiger partial charge is 0.341 e. The molecule has 0 fully saturated rings. The number of hydrogen-bond donors (Lipinski definition) is 2. The summed E-state index contributed by atoms with van der Waals surface area (Å²) in [6.07, 6.45) is 0. The monoisotopic (exact) mass is 435 g/mol. The van der Waals surface area contributed by atoms with E-state index < -0.39 is 29.4 Å². The summed E-state index contributed by atoms with van der Waals surface area (Å²) in [6, 6.07) is 3.79. The molecule has 11 heteroatoms. The van der Waals surface area contributed by atoms with E-state index in [0.29, 0.717) is 10.6 Å². The Kier molecular flexibility index (Phi) is 7.48. The average molecular weight is 435 g/mol. The molecule has 0 aliphatic carbocycles. The third-order valence-electron chi connectivity index (χ3n) is 4.15. The molecule has 1 heterocycles. The number of carbonyl (C=O) groups is 3. The SMILES string of the molecule is CCOC(=O)c1c(NC(=O)COC(=O)c2ccc(NC)c([N+](=O)[O-])c2)sc(C)c1C. The molecule has 0 saturated carbocycles. The molecular formula is C19H21N3O7S. The van der Waals surface area contributed by atoms with Gasteiger partial charge in [-0.3, -0.25) is 14.9 Å². The lowest BCUT2D eigenvalue weighted by atomic mass is 10.1. The number of nitro groups is 1. The van der Waals surface area contributed by atoms with Gasteiger partial charge in [-0.15, -0.1) is 11.3 Å². The molecule has 0 aliphatic heterocycles. The Morgan fingerprint density at radius 1 is 1.17 bits per heavy atom. The number of hydrogen-bond acceptors (Lipinski definition) is 9. The Morgan fingerprint density at radius 3 is 2.47 bits per heavy atom. The van der Waals surface area contributed by atoms with E-state index in [1.807, 2.05) is 0 Å². The second-order valence-corrected chi connectivity index (χ2v) is 7.30. The number of nitrogens with one attached hydrogen (secondary N) is 2. The van der Waals surface area contributed by atoms with E-state index in [-0.39, 0.29) is 29.1 Å². The highest BCUT2D eigenvalue weighted by molar-refractivity contribution is 7.16. The van der Waals surface area contributed by atoms with Crippen LogP contribution in [0, 0.1) is 24.0 Å². The van der Waals surface area contributed by atoms with E-state index in [0.717, 1.165) is 10.9 Å². The number of carbonyl (C=O) groups excluding carboxylic acids is 3. The number of benzene rings is 1. The molecule has 2 aromatic rings. The Hall–Kier alpha value is -3.47. The van der Waals surface area contributed by atoms with Crippen LogP contribution in [0.1, 0.15) is 38.1 Å². The highest BCUT2D eigenvalue weighted by Gasteiger charge is 2.23. The lowest BCUT2D eigenvalue weighted by Gasteiger charge is -2.08. The number of amides is 1. The maximum absolute atomic E-state index is 12.2. The average Bonchev–Trinajstić information content (AvgIpc) is 2.98. The number of nitrogens with zero attached hydrogens (tertiary/aromatic N) is 1. The van der Waals surface area contributed by atoms with Crippen LogP contribution in [0.3, 0.4) is 0 Å². The van der Waals surface area contributed by atoms with Gasteiger partial charge in [0.15, 0.2) is 6.61 Å². The first kappa shape index (κ1) is 22.8. The van der Waals surface area contributed by atoms with Crippen LogP contribution in [-0.2, 0) is 14.3 Å². The van der Waals surface area contributed by atoms with Crippen LogP contribution >= 0.6 is 11.3 Å². The van der Waals surface area contributed by atoms with E-state index in [4.69, 9.17) is 9.47 Å². The van der Waals surface area contributed by atoms with Crippen molar-refractivity contribution in [1.29, 1.82) is 0 Å². The molecule has 0 saturated heterocycles. The predicted molar refractivity (Wildman–Crippen MR) is 111 cm³/mol. The van der Waals surface area contributed by atoms with Gasteiger partial charge in [0.1, 0.15) is 10.7 Å². The van der Waals surface area contributed by atoms with Gasteiger partial charge in [-0.2, -0.15) is 0 Å². The van der Waals surface area contributed by atoms with Crippen molar-refractivity contribution in [3.8, 4) is 0 Å². The number of nitro benzene ring substituents is 1. The predicted octanol–water partition coefficient (Wildman–Crippen LogP) is 3.29. The van der Waals surface area contributed by atoms with Crippen LogP contribution in [0.2, 0.25) is 0 Å². The summed E-state index contributed by atoms with van der Waals surface area (Å²) in [5.41, 5.74) is 0.841. The normalized spacial score (nSPS) is 10.3. The molecule has 160 valence electrons. The molecule has 1 amide bonds. The summed E-state index contributed by atoms with van der Waals surface area (Å²) in [5.74, 6) is -2.10. The van der Waals surface area contributed by atoms with Crippen molar-refractivity contribution in [3.05, 3.63) is 49.9 Å². The van der Waals surface area contributed by atoms with Gasteiger partial charge in [0.05, 0.1) is 22.7 Å². The van der Waals surface area contributed by atoms with Gasteiger partial charge in [-0.05, 0) is 38.5 Å². The summed E-state index contributed by atoms with van der Waals surface area (Å²) >= 11 is 1.21. The quantitative estimate of drug-likeness (QED) is 0.366. The van der Waals surface area contributed by atoms with Crippen LogP contribution in [0.4, 0.5) is 16.4 Å². The first-order valence-corrected chi connectivity index (χ1v) is 9.71. The van der Waals surface area contributed by atoms with Crippen LogP contribution in [0.25, 0.3) is 0 Å². The highest BCUT2D eigenvalue weighted by atomic mass is 32.1. The molecule has 0 bridgehead atoms. The molecule has 2 N–H and O–H groups in total. The van der Waals surface area contributed by atoms with Crippen molar-refractivity contribution in [2.75, 3.05) is 30.9 Å². The minimum Gasteiger partial charge on any atom is -0.462 e. The summed E-state index contributed by atoms with van der Waals surface area (Å²) in [5, 5.41) is 16.6. The number of aryl methyl sites for hydroxylation is 1. The molecule has 0 radical (unpaired) electrons. The van der Waals surface area contributed by atoms with Crippen molar-refractivity contribution in [3.63, 3.8) is 0 Å². The van der Waals surface area contributed by atoms with Gasteiger partial charge in [-0.25, -0.2) is 9.59 Å². The van der Waals surface area contributed by atoms with E-state index >= 15 is 0 Å².